The first kappa shape index (κ1) is 11.7. The van der Waals surface area contributed by atoms with Gasteiger partial charge in [-0.1, -0.05) is 0 Å². The van der Waals surface area contributed by atoms with Gasteiger partial charge in [-0.3, -0.25) is 14.9 Å². The summed E-state index contributed by atoms with van der Waals surface area (Å²) in [6, 6.07) is 4.17. The first-order valence-electron chi connectivity index (χ1n) is 4.68. The molecule has 0 radical (unpaired) electrons. The topological polar surface area (TPSA) is 55.4 Å². The van der Waals surface area contributed by atoms with Crippen molar-refractivity contribution >= 4 is 29.0 Å². The minimum absolute atomic E-state index is 0.169. The first-order chi connectivity index (χ1) is 8.10. The molecule has 1 heterocycles. The zero-order valence-electron chi connectivity index (χ0n) is 8.82. The van der Waals surface area contributed by atoms with Crippen molar-refractivity contribution in [3.05, 3.63) is 34.5 Å². The standard InChI is InChI=1S/C11H8FNO3S/c1-16-7-2-3-8(12)6(4-7)5-9-10(14)13-11(15)17-9/h2-5H,1H3,(H,13,14,15)/b9-5-. The maximum absolute atomic E-state index is 13.5. The highest BCUT2D eigenvalue weighted by molar-refractivity contribution is 8.18. The van der Waals surface area contributed by atoms with E-state index in [1.807, 2.05) is 0 Å². The number of nitrogens with one attached hydrogen (secondary N) is 1. The van der Waals surface area contributed by atoms with E-state index in [0.717, 1.165) is 11.8 Å². The van der Waals surface area contributed by atoms with Gasteiger partial charge in [0, 0.05) is 5.56 Å². The van der Waals surface area contributed by atoms with Gasteiger partial charge in [-0.15, -0.1) is 0 Å². The van der Waals surface area contributed by atoms with E-state index < -0.39 is 17.0 Å². The van der Waals surface area contributed by atoms with Crippen LogP contribution in [0.3, 0.4) is 0 Å². The number of methoxy groups -OCH3 is 1. The summed E-state index contributed by atoms with van der Waals surface area (Å²) in [6.45, 7) is 0. The van der Waals surface area contributed by atoms with Crippen LogP contribution in [-0.2, 0) is 4.79 Å². The number of hydrogen-bond donors (Lipinski definition) is 1. The summed E-state index contributed by atoms with van der Waals surface area (Å²) < 4.78 is 18.4. The van der Waals surface area contributed by atoms with Crippen LogP contribution in [0.15, 0.2) is 23.1 Å². The van der Waals surface area contributed by atoms with Gasteiger partial charge in [-0.2, -0.15) is 0 Å². The Kier molecular flexibility index (Phi) is 3.14. The predicted molar refractivity (Wildman–Crippen MR) is 62.1 cm³/mol. The van der Waals surface area contributed by atoms with E-state index in [1.165, 1.54) is 31.4 Å². The molecule has 0 atom stereocenters. The fourth-order valence-corrected chi connectivity index (χ4v) is 1.99. The van der Waals surface area contributed by atoms with E-state index in [-0.39, 0.29) is 10.5 Å². The molecular weight excluding hydrogens is 245 g/mol. The highest BCUT2D eigenvalue weighted by Gasteiger charge is 2.25. The number of imide groups is 1. The molecule has 1 saturated heterocycles. The number of carbonyl (C=O) groups excluding carboxylic acids is 2. The van der Waals surface area contributed by atoms with E-state index in [4.69, 9.17) is 4.74 Å². The Morgan fingerprint density at radius 3 is 2.76 bits per heavy atom. The predicted octanol–water partition coefficient (Wildman–Crippen LogP) is 2.16. The number of thioether (sulfide) groups is 1. The maximum atomic E-state index is 13.5. The van der Waals surface area contributed by atoms with E-state index in [2.05, 4.69) is 5.32 Å². The van der Waals surface area contributed by atoms with E-state index in [1.54, 1.807) is 0 Å². The molecule has 1 fully saturated rings. The molecule has 1 aromatic carbocycles. The van der Waals surface area contributed by atoms with Gasteiger partial charge in [0.25, 0.3) is 11.1 Å². The van der Waals surface area contributed by atoms with Crippen molar-refractivity contribution in [2.75, 3.05) is 7.11 Å². The molecule has 17 heavy (non-hydrogen) atoms. The minimum atomic E-state index is -0.512. The van der Waals surface area contributed by atoms with Crippen molar-refractivity contribution in [1.82, 2.24) is 5.32 Å². The molecule has 0 spiro atoms. The third kappa shape index (κ3) is 2.47. The van der Waals surface area contributed by atoms with Crippen molar-refractivity contribution in [3.63, 3.8) is 0 Å². The highest BCUT2D eigenvalue weighted by Crippen LogP contribution is 2.27. The Morgan fingerprint density at radius 2 is 2.18 bits per heavy atom. The lowest BCUT2D eigenvalue weighted by atomic mass is 10.2. The lowest BCUT2D eigenvalue weighted by Gasteiger charge is -2.02. The highest BCUT2D eigenvalue weighted by atomic mass is 32.2. The van der Waals surface area contributed by atoms with Crippen LogP contribution in [0.4, 0.5) is 9.18 Å². The maximum Gasteiger partial charge on any atom is 0.290 e. The van der Waals surface area contributed by atoms with Crippen molar-refractivity contribution in [2.24, 2.45) is 0 Å². The smallest absolute Gasteiger partial charge is 0.290 e. The number of ether oxygens (including phenoxy) is 1. The second-order valence-corrected chi connectivity index (χ2v) is 4.25. The largest absolute Gasteiger partial charge is 0.497 e. The number of carbonyl (C=O) groups is 2. The van der Waals surface area contributed by atoms with Crippen LogP contribution < -0.4 is 10.1 Å². The molecule has 2 amide bonds. The van der Waals surface area contributed by atoms with Crippen LogP contribution in [0.5, 0.6) is 5.75 Å². The Bertz CT molecular complexity index is 527. The molecule has 2 rings (SSSR count). The molecule has 0 saturated carbocycles. The van der Waals surface area contributed by atoms with Gasteiger partial charge < -0.3 is 4.74 Å². The lowest BCUT2D eigenvalue weighted by Crippen LogP contribution is -2.17. The van der Waals surface area contributed by atoms with Gasteiger partial charge >= 0.3 is 0 Å². The number of halogens is 1. The molecular formula is C11H8FNO3S. The molecule has 6 heteroatoms. The monoisotopic (exact) mass is 253 g/mol. The molecule has 0 aromatic heterocycles. The lowest BCUT2D eigenvalue weighted by molar-refractivity contribution is -0.115. The molecule has 4 nitrogen and oxygen atoms in total. The van der Waals surface area contributed by atoms with Gasteiger partial charge in [0.1, 0.15) is 11.6 Å². The van der Waals surface area contributed by atoms with E-state index in [0.29, 0.717) is 5.75 Å². The Balaban J connectivity index is 2.38. The van der Waals surface area contributed by atoms with E-state index >= 15 is 0 Å². The molecule has 0 bridgehead atoms. The fourth-order valence-electron chi connectivity index (χ4n) is 1.32. The summed E-state index contributed by atoms with van der Waals surface area (Å²) in [5.74, 6) is -0.513. The fraction of sp³-hybridized carbons (Fsp3) is 0.0909. The van der Waals surface area contributed by atoms with Crippen LogP contribution in [0.2, 0.25) is 0 Å². The molecule has 1 aromatic rings. The summed E-state index contributed by atoms with van der Waals surface area (Å²) in [5, 5.41) is 1.64. The van der Waals surface area contributed by atoms with E-state index in [9.17, 15) is 14.0 Å². The van der Waals surface area contributed by atoms with Crippen LogP contribution in [0.25, 0.3) is 6.08 Å². The molecule has 88 valence electrons. The molecule has 1 aliphatic heterocycles. The zero-order chi connectivity index (χ0) is 12.4. The quantitative estimate of drug-likeness (QED) is 0.820. The van der Waals surface area contributed by atoms with Crippen LogP contribution in [0, 0.1) is 5.82 Å². The number of benzene rings is 1. The number of rotatable bonds is 2. The summed E-state index contributed by atoms with van der Waals surface area (Å²) in [5.41, 5.74) is 0.205. The van der Waals surface area contributed by atoms with Crippen molar-refractivity contribution in [3.8, 4) is 5.75 Å². The third-order valence-corrected chi connectivity index (χ3v) is 2.94. The average Bonchev–Trinajstić information content (AvgIpc) is 2.60. The number of amides is 2. The van der Waals surface area contributed by atoms with Gasteiger partial charge in [-0.25, -0.2) is 4.39 Å². The van der Waals surface area contributed by atoms with Crippen molar-refractivity contribution in [2.45, 2.75) is 0 Å². The summed E-state index contributed by atoms with van der Waals surface area (Å²) in [7, 11) is 1.46. The second-order valence-electron chi connectivity index (χ2n) is 3.24. The normalized spacial score (nSPS) is 17.4. The minimum Gasteiger partial charge on any atom is -0.497 e. The Labute approximate surface area is 101 Å². The molecule has 1 N–H and O–H groups in total. The average molecular weight is 253 g/mol. The van der Waals surface area contributed by atoms with Crippen LogP contribution in [0.1, 0.15) is 5.56 Å². The van der Waals surface area contributed by atoms with Gasteiger partial charge in [0.15, 0.2) is 0 Å². The van der Waals surface area contributed by atoms with Crippen LogP contribution in [-0.4, -0.2) is 18.3 Å². The molecule has 0 aliphatic carbocycles. The third-order valence-electron chi connectivity index (χ3n) is 2.13. The summed E-state index contributed by atoms with van der Waals surface area (Å²) in [6.07, 6.45) is 1.32. The SMILES string of the molecule is COc1ccc(F)c(/C=C2\SC(=O)NC2=O)c1. The van der Waals surface area contributed by atoms with Crippen LogP contribution >= 0.6 is 11.8 Å². The number of hydrogen-bond acceptors (Lipinski definition) is 4. The first-order valence-corrected chi connectivity index (χ1v) is 5.50. The Hall–Kier alpha value is -1.82. The van der Waals surface area contributed by atoms with Gasteiger partial charge in [0.05, 0.1) is 12.0 Å². The van der Waals surface area contributed by atoms with Gasteiger partial charge in [0.2, 0.25) is 0 Å². The summed E-state index contributed by atoms with van der Waals surface area (Å²) >= 11 is 0.745. The Morgan fingerprint density at radius 1 is 1.41 bits per heavy atom. The molecule has 1 aliphatic rings. The summed E-state index contributed by atoms with van der Waals surface area (Å²) in [4.78, 5) is 22.4. The second kappa shape index (κ2) is 4.58. The molecule has 0 unspecified atom stereocenters. The van der Waals surface area contributed by atoms with Crippen molar-refractivity contribution < 1.29 is 18.7 Å². The van der Waals surface area contributed by atoms with Crippen molar-refractivity contribution in [1.29, 1.82) is 0 Å². The zero-order valence-corrected chi connectivity index (χ0v) is 9.64. The van der Waals surface area contributed by atoms with Gasteiger partial charge in [-0.05, 0) is 36.0 Å².